The third-order valence-electron chi connectivity index (χ3n) is 1.40. The summed E-state index contributed by atoms with van der Waals surface area (Å²) in [4.78, 5) is 25.9. The fraction of sp³-hybridized carbons (Fsp3) is 0.250. The van der Waals surface area contributed by atoms with Crippen molar-refractivity contribution >= 4 is 5.91 Å². The van der Waals surface area contributed by atoms with Crippen LogP contribution in [-0.2, 0) is 0 Å². The minimum absolute atomic E-state index is 0.201. The van der Waals surface area contributed by atoms with Crippen molar-refractivity contribution in [3.63, 3.8) is 0 Å². The summed E-state index contributed by atoms with van der Waals surface area (Å²) < 4.78 is 0. The molecule has 0 fully saturated rings. The average Bonchev–Trinajstić information content (AvgIpc) is 2.03. The summed E-state index contributed by atoms with van der Waals surface area (Å²) >= 11 is 0. The summed E-state index contributed by atoms with van der Waals surface area (Å²) in [7, 11) is 3.27. The molecule has 0 bridgehead atoms. The average molecular weight is 166 g/mol. The maximum Gasteiger partial charge on any atom is 0.269 e. The van der Waals surface area contributed by atoms with E-state index in [-0.39, 0.29) is 11.5 Å². The molecule has 4 nitrogen and oxygen atoms in total. The van der Waals surface area contributed by atoms with Crippen molar-refractivity contribution < 1.29 is 4.79 Å². The van der Waals surface area contributed by atoms with Crippen LogP contribution in [0.5, 0.6) is 0 Å². The third-order valence-corrected chi connectivity index (χ3v) is 1.40. The van der Waals surface area contributed by atoms with Crippen LogP contribution < -0.4 is 5.56 Å². The smallest absolute Gasteiger partial charge is 0.269 e. The Labute approximate surface area is 69.8 Å². The molecule has 0 spiro atoms. The molecule has 0 aliphatic carbocycles. The van der Waals surface area contributed by atoms with Gasteiger partial charge in [0.1, 0.15) is 5.69 Å². The molecule has 1 heterocycles. The number of pyridine rings is 1. The summed E-state index contributed by atoms with van der Waals surface area (Å²) in [5.74, 6) is -0.201. The lowest BCUT2D eigenvalue weighted by Gasteiger charge is -2.08. The standard InChI is InChI=1S/C8H10N2O2/c1-10(2)8(12)6-4-3-5-7(11)9-6/h3-5H,1-2H3,(H,9,11). The first kappa shape index (κ1) is 8.52. The van der Waals surface area contributed by atoms with E-state index in [0.717, 1.165) is 0 Å². The van der Waals surface area contributed by atoms with Gasteiger partial charge >= 0.3 is 0 Å². The van der Waals surface area contributed by atoms with Crippen LogP contribution in [-0.4, -0.2) is 29.9 Å². The Morgan fingerprint density at radius 1 is 1.42 bits per heavy atom. The molecule has 12 heavy (non-hydrogen) atoms. The summed E-state index contributed by atoms with van der Waals surface area (Å²) in [6, 6.07) is 4.49. The van der Waals surface area contributed by atoms with E-state index in [2.05, 4.69) is 4.98 Å². The minimum atomic E-state index is -0.261. The zero-order valence-corrected chi connectivity index (χ0v) is 7.00. The topological polar surface area (TPSA) is 53.2 Å². The summed E-state index contributed by atoms with van der Waals surface area (Å²) in [6.45, 7) is 0. The number of carbonyl (C=O) groups is 1. The van der Waals surface area contributed by atoms with E-state index in [1.54, 1.807) is 26.2 Å². The van der Waals surface area contributed by atoms with Gasteiger partial charge < -0.3 is 9.88 Å². The van der Waals surface area contributed by atoms with Gasteiger partial charge in [-0.2, -0.15) is 0 Å². The fourth-order valence-electron chi connectivity index (χ4n) is 0.813. The first-order valence-electron chi connectivity index (χ1n) is 3.52. The molecule has 64 valence electrons. The lowest BCUT2D eigenvalue weighted by Crippen LogP contribution is -2.24. The van der Waals surface area contributed by atoms with Crippen LogP contribution in [0.25, 0.3) is 0 Å². The van der Waals surface area contributed by atoms with Crippen molar-refractivity contribution in [3.05, 3.63) is 34.2 Å². The van der Waals surface area contributed by atoms with Crippen molar-refractivity contribution in [2.75, 3.05) is 14.1 Å². The number of amides is 1. The molecular formula is C8H10N2O2. The number of nitrogens with zero attached hydrogens (tertiary/aromatic N) is 1. The maximum atomic E-state index is 11.3. The Hall–Kier alpha value is -1.58. The molecule has 1 amide bonds. The summed E-state index contributed by atoms with van der Waals surface area (Å²) in [5, 5.41) is 0. The van der Waals surface area contributed by atoms with Gasteiger partial charge in [0, 0.05) is 20.2 Å². The predicted molar refractivity (Wildman–Crippen MR) is 45.1 cm³/mol. The van der Waals surface area contributed by atoms with Crippen LogP contribution in [0, 0.1) is 0 Å². The summed E-state index contributed by atoms with van der Waals surface area (Å²) in [6.07, 6.45) is 0. The maximum absolute atomic E-state index is 11.3. The highest BCUT2D eigenvalue weighted by Crippen LogP contribution is 1.93. The number of hydrogen-bond donors (Lipinski definition) is 1. The molecule has 0 aromatic carbocycles. The van der Waals surface area contributed by atoms with E-state index in [1.165, 1.54) is 11.0 Å². The Morgan fingerprint density at radius 2 is 2.08 bits per heavy atom. The highest BCUT2D eigenvalue weighted by molar-refractivity contribution is 5.91. The number of aromatic amines is 1. The number of aromatic nitrogens is 1. The van der Waals surface area contributed by atoms with Crippen molar-refractivity contribution in [2.45, 2.75) is 0 Å². The molecule has 1 aromatic rings. The fourth-order valence-corrected chi connectivity index (χ4v) is 0.813. The van der Waals surface area contributed by atoms with Crippen molar-refractivity contribution in [2.24, 2.45) is 0 Å². The van der Waals surface area contributed by atoms with Gasteiger partial charge in [0.15, 0.2) is 0 Å². The second-order valence-corrected chi connectivity index (χ2v) is 2.63. The number of nitrogens with one attached hydrogen (secondary N) is 1. The zero-order valence-electron chi connectivity index (χ0n) is 7.00. The lowest BCUT2D eigenvalue weighted by molar-refractivity contribution is 0.0821. The van der Waals surface area contributed by atoms with Crippen LogP contribution in [0.3, 0.4) is 0 Å². The third kappa shape index (κ3) is 1.72. The van der Waals surface area contributed by atoms with Crippen LogP contribution in [0.15, 0.2) is 23.0 Å². The van der Waals surface area contributed by atoms with Crippen LogP contribution in [0.1, 0.15) is 10.5 Å². The van der Waals surface area contributed by atoms with Gasteiger partial charge in [-0.25, -0.2) is 0 Å². The van der Waals surface area contributed by atoms with Gasteiger partial charge in [0.25, 0.3) is 5.91 Å². The predicted octanol–water partition coefficient (Wildman–Crippen LogP) is 0.0767. The number of rotatable bonds is 1. The molecule has 4 heteroatoms. The Morgan fingerprint density at radius 3 is 2.58 bits per heavy atom. The molecule has 0 saturated carbocycles. The van der Waals surface area contributed by atoms with Crippen molar-refractivity contribution in [1.82, 2.24) is 9.88 Å². The Balaban J connectivity index is 3.04. The van der Waals surface area contributed by atoms with E-state index in [9.17, 15) is 9.59 Å². The molecule has 0 unspecified atom stereocenters. The van der Waals surface area contributed by atoms with Crippen LogP contribution in [0.2, 0.25) is 0 Å². The molecule has 1 aromatic heterocycles. The minimum Gasteiger partial charge on any atom is -0.344 e. The largest absolute Gasteiger partial charge is 0.344 e. The lowest BCUT2D eigenvalue weighted by atomic mass is 10.3. The highest BCUT2D eigenvalue weighted by atomic mass is 16.2. The Bertz CT molecular complexity index is 341. The first-order chi connectivity index (χ1) is 5.61. The molecule has 0 aliphatic heterocycles. The molecule has 0 radical (unpaired) electrons. The van der Waals surface area contributed by atoms with E-state index < -0.39 is 0 Å². The van der Waals surface area contributed by atoms with E-state index in [1.807, 2.05) is 0 Å². The van der Waals surface area contributed by atoms with Gasteiger partial charge in [-0.1, -0.05) is 6.07 Å². The molecule has 0 aliphatic rings. The SMILES string of the molecule is CN(C)C(=O)c1cccc(=O)[nH]1. The summed E-state index contributed by atoms with van der Waals surface area (Å²) in [5.41, 5.74) is 0.0511. The first-order valence-corrected chi connectivity index (χ1v) is 3.52. The number of hydrogen-bond acceptors (Lipinski definition) is 2. The quantitative estimate of drug-likeness (QED) is 0.642. The van der Waals surface area contributed by atoms with Crippen molar-refractivity contribution in [1.29, 1.82) is 0 Å². The second-order valence-electron chi connectivity index (χ2n) is 2.63. The highest BCUT2D eigenvalue weighted by Gasteiger charge is 2.06. The molecule has 0 saturated heterocycles. The van der Waals surface area contributed by atoms with E-state index in [4.69, 9.17) is 0 Å². The van der Waals surface area contributed by atoms with Crippen LogP contribution >= 0.6 is 0 Å². The molecular weight excluding hydrogens is 156 g/mol. The van der Waals surface area contributed by atoms with Gasteiger partial charge in [0.2, 0.25) is 5.56 Å². The molecule has 1 N–H and O–H groups in total. The van der Waals surface area contributed by atoms with Crippen LogP contribution in [0.4, 0.5) is 0 Å². The molecule has 0 atom stereocenters. The van der Waals surface area contributed by atoms with Gasteiger partial charge in [-0.05, 0) is 6.07 Å². The molecule has 1 rings (SSSR count). The second kappa shape index (κ2) is 3.21. The Kier molecular flexibility index (Phi) is 2.28. The van der Waals surface area contributed by atoms with E-state index in [0.29, 0.717) is 5.69 Å². The number of H-pyrrole nitrogens is 1. The monoisotopic (exact) mass is 166 g/mol. The van der Waals surface area contributed by atoms with Crippen molar-refractivity contribution in [3.8, 4) is 0 Å². The van der Waals surface area contributed by atoms with Gasteiger partial charge in [-0.15, -0.1) is 0 Å². The van der Waals surface area contributed by atoms with Gasteiger partial charge in [-0.3, -0.25) is 9.59 Å². The van der Waals surface area contributed by atoms with Gasteiger partial charge in [0.05, 0.1) is 0 Å². The normalized spacial score (nSPS) is 9.50. The number of carbonyl (C=O) groups excluding carboxylic acids is 1. The van der Waals surface area contributed by atoms with E-state index >= 15 is 0 Å². The zero-order chi connectivity index (χ0) is 9.14.